The van der Waals surface area contributed by atoms with E-state index in [-0.39, 0.29) is 43.8 Å². The van der Waals surface area contributed by atoms with Crippen molar-refractivity contribution in [2.24, 2.45) is 10.9 Å². The first-order valence-corrected chi connectivity index (χ1v) is 6.33. The van der Waals surface area contributed by atoms with Crippen LogP contribution in [0, 0.1) is 5.82 Å². The third-order valence-electron chi connectivity index (χ3n) is 2.85. The van der Waals surface area contributed by atoms with E-state index >= 15 is 0 Å². The molecule has 2 rings (SSSR count). The fourth-order valence-corrected chi connectivity index (χ4v) is 1.73. The molecule has 0 aliphatic carbocycles. The van der Waals surface area contributed by atoms with Crippen LogP contribution in [0.2, 0.25) is 0 Å². The van der Waals surface area contributed by atoms with E-state index in [1.807, 2.05) is 0 Å². The highest BCUT2D eigenvalue weighted by molar-refractivity contribution is 5.92. The first-order chi connectivity index (χ1) is 10.6. The van der Waals surface area contributed by atoms with Crippen LogP contribution in [0.3, 0.4) is 0 Å². The van der Waals surface area contributed by atoms with Crippen molar-refractivity contribution >= 4 is 12.1 Å². The Morgan fingerprint density at radius 1 is 1.21 bits per heavy atom. The van der Waals surface area contributed by atoms with Crippen LogP contribution in [0.4, 0.5) is 4.39 Å². The zero-order chi connectivity index (χ0) is 15.9. The Morgan fingerprint density at radius 3 is 2.33 bits per heavy atom. The average Bonchev–Trinajstić information content (AvgIpc) is 2.50. The summed E-state index contributed by atoms with van der Waals surface area (Å²) in [5.74, 6) is -1.02. The number of nitrogens with two attached hydrogens (primary N) is 1. The highest BCUT2D eigenvalue weighted by Crippen LogP contribution is 1.99. The van der Waals surface area contributed by atoms with E-state index < -0.39 is 11.7 Å². The molecule has 2 heterocycles. The number of oxime groups is 1. The van der Waals surface area contributed by atoms with Crippen LogP contribution in [0.25, 0.3) is 0 Å². The van der Waals surface area contributed by atoms with Crippen LogP contribution >= 0.6 is 0 Å². The maximum Gasteiger partial charge on any atom is 0.257 e. The Bertz CT molecular complexity index is 699. The summed E-state index contributed by atoms with van der Waals surface area (Å²) in [5.41, 5.74) is 5.73. The van der Waals surface area contributed by atoms with E-state index in [1.165, 1.54) is 16.8 Å². The predicted molar refractivity (Wildman–Crippen MR) is 72.2 cm³/mol. The minimum absolute atomic E-state index is 0. The van der Waals surface area contributed by atoms with Crippen LogP contribution in [0.15, 0.2) is 48.1 Å². The van der Waals surface area contributed by atoms with Gasteiger partial charge in [0.2, 0.25) is 12.1 Å². The molecule has 10 heteroatoms. The van der Waals surface area contributed by atoms with E-state index in [0.717, 1.165) is 6.21 Å². The number of nitrogens with zero attached hydrogens (tertiary/aromatic N) is 3. The van der Waals surface area contributed by atoms with Gasteiger partial charge in [-0.2, -0.15) is 13.5 Å². The summed E-state index contributed by atoms with van der Waals surface area (Å²) in [6.45, 7) is 0.367. The molecule has 0 aromatic carbocycles. The fourth-order valence-electron chi connectivity index (χ4n) is 1.73. The molecule has 0 unspecified atom stereocenters. The molecule has 0 aliphatic rings. The Morgan fingerprint density at radius 2 is 1.79 bits per heavy atom. The van der Waals surface area contributed by atoms with E-state index in [9.17, 15) is 9.18 Å². The van der Waals surface area contributed by atoms with Crippen molar-refractivity contribution in [3.8, 4) is 0 Å². The summed E-state index contributed by atoms with van der Waals surface area (Å²) >= 11 is 0. The Kier molecular flexibility index (Phi) is 9.48. The maximum atomic E-state index is 13.6. The molecule has 0 radical (unpaired) electrons. The molecule has 0 fully saturated rings. The molecule has 2 aromatic heterocycles. The molecule has 0 aliphatic heterocycles. The lowest BCUT2D eigenvalue weighted by atomic mass is 10.2. The summed E-state index contributed by atoms with van der Waals surface area (Å²) < 4.78 is 22.2. The first-order valence-electron chi connectivity index (χ1n) is 6.33. The molecule has 24 heavy (non-hydrogen) atoms. The number of carbonyl (C=O) groups excluding carboxylic acids is 1. The van der Waals surface area contributed by atoms with Crippen molar-refractivity contribution in [1.29, 1.82) is 0 Å². The zero-order valence-electron chi connectivity index (χ0n) is 12.3. The second-order valence-corrected chi connectivity index (χ2v) is 4.43. The van der Waals surface area contributed by atoms with Crippen molar-refractivity contribution in [1.82, 2.24) is 0 Å². The minimum Gasteiger partial charge on any atom is -1.00 e. The zero-order valence-corrected chi connectivity index (χ0v) is 13.9. The summed E-state index contributed by atoms with van der Waals surface area (Å²) in [4.78, 5) is 10.9. The van der Waals surface area contributed by atoms with Crippen molar-refractivity contribution < 1.29 is 53.1 Å². The van der Waals surface area contributed by atoms with Gasteiger partial charge in [-0.15, -0.1) is 0 Å². The number of amides is 1. The standard InChI is InChI=1S/C14H13FN4O3.2ClH/c15-13-8-19(6-3-12(13)7-17-21)10-22-9-18-4-1-11(2-5-18)14(16)20;;/h1-8H,9-10H2,(H-,16,20);2*1H. The van der Waals surface area contributed by atoms with Gasteiger partial charge in [0.15, 0.2) is 24.4 Å². The SMILES string of the molecule is NC(=O)c1cc[n+](COC[n+]2ccc(/C=N/O)c(F)c2)cc1.[Cl-].[Cl-]. The van der Waals surface area contributed by atoms with Crippen LogP contribution in [0.5, 0.6) is 0 Å². The average molecular weight is 377 g/mol. The maximum absolute atomic E-state index is 13.6. The van der Waals surface area contributed by atoms with E-state index in [0.29, 0.717) is 5.56 Å². The topological polar surface area (TPSA) is 92.7 Å². The predicted octanol–water partition coefficient (Wildman–Crippen LogP) is -6.05. The highest BCUT2D eigenvalue weighted by atomic mass is 35.5. The van der Waals surface area contributed by atoms with Gasteiger partial charge in [-0.3, -0.25) is 9.53 Å². The molecular weight excluding hydrogens is 362 g/mol. The highest BCUT2D eigenvalue weighted by Gasteiger charge is 2.09. The molecule has 0 spiro atoms. The molecule has 2 aromatic rings. The Hall–Kier alpha value is -2.29. The number of carbonyl (C=O) groups is 1. The van der Waals surface area contributed by atoms with Gasteiger partial charge in [0.1, 0.15) is 0 Å². The lowest BCUT2D eigenvalue weighted by molar-refractivity contribution is -0.789. The lowest BCUT2D eigenvalue weighted by Crippen LogP contribution is -3.00. The van der Waals surface area contributed by atoms with Gasteiger partial charge < -0.3 is 35.8 Å². The van der Waals surface area contributed by atoms with Crippen LogP contribution in [-0.4, -0.2) is 17.3 Å². The van der Waals surface area contributed by atoms with Gasteiger partial charge >= 0.3 is 0 Å². The molecule has 1 amide bonds. The monoisotopic (exact) mass is 376 g/mol. The summed E-state index contributed by atoms with van der Waals surface area (Å²) in [6.07, 6.45) is 7.16. The molecule has 0 atom stereocenters. The molecule has 0 saturated carbocycles. The molecule has 0 bridgehead atoms. The van der Waals surface area contributed by atoms with Crippen LogP contribution < -0.4 is 39.7 Å². The smallest absolute Gasteiger partial charge is 0.257 e. The number of hydrogen-bond acceptors (Lipinski definition) is 4. The summed E-state index contributed by atoms with van der Waals surface area (Å²) in [6, 6.07) is 4.64. The number of aromatic nitrogens is 2. The first kappa shape index (κ1) is 21.7. The summed E-state index contributed by atoms with van der Waals surface area (Å²) in [7, 11) is 0. The third-order valence-corrected chi connectivity index (χ3v) is 2.85. The normalized spacial score (nSPS) is 10.0. The number of hydrogen-bond donors (Lipinski definition) is 2. The van der Waals surface area contributed by atoms with Crippen molar-refractivity contribution in [2.75, 3.05) is 0 Å². The van der Waals surface area contributed by atoms with E-state index in [4.69, 9.17) is 15.7 Å². The number of primary amides is 1. The van der Waals surface area contributed by atoms with E-state index in [2.05, 4.69) is 5.16 Å². The Labute approximate surface area is 150 Å². The number of rotatable bonds is 6. The minimum atomic E-state index is -0.526. The molecule has 7 nitrogen and oxygen atoms in total. The lowest BCUT2D eigenvalue weighted by Gasteiger charge is -2.00. The number of halogens is 3. The van der Waals surface area contributed by atoms with Crippen molar-refractivity contribution in [3.63, 3.8) is 0 Å². The second-order valence-electron chi connectivity index (χ2n) is 4.43. The third kappa shape index (κ3) is 6.07. The van der Waals surface area contributed by atoms with Crippen LogP contribution in [0.1, 0.15) is 15.9 Å². The van der Waals surface area contributed by atoms with E-state index in [1.54, 1.807) is 35.3 Å². The number of pyridine rings is 2. The van der Waals surface area contributed by atoms with Gasteiger partial charge in [-0.1, -0.05) is 5.16 Å². The largest absolute Gasteiger partial charge is 1.00 e. The second kappa shape index (κ2) is 10.5. The van der Waals surface area contributed by atoms with Crippen LogP contribution in [-0.2, 0) is 18.2 Å². The number of ether oxygens (including phenoxy) is 1. The Balaban J connectivity index is 0.00000264. The van der Waals surface area contributed by atoms with Gasteiger partial charge in [0, 0.05) is 23.8 Å². The summed E-state index contributed by atoms with van der Waals surface area (Å²) in [5, 5.41) is 11.2. The molecule has 130 valence electrons. The molecule has 0 saturated heterocycles. The van der Waals surface area contributed by atoms with Crippen molar-refractivity contribution in [2.45, 2.75) is 13.5 Å². The van der Waals surface area contributed by atoms with Gasteiger partial charge in [-0.05, 0) is 0 Å². The van der Waals surface area contributed by atoms with Gasteiger partial charge in [-0.25, -0.2) is 0 Å². The quantitative estimate of drug-likeness (QED) is 0.227. The molecule has 3 N–H and O–H groups in total. The van der Waals surface area contributed by atoms with Gasteiger partial charge in [0.05, 0.1) is 11.8 Å². The molecular formula is C14H15Cl2FN4O3. The van der Waals surface area contributed by atoms with Gasteiger partial charge in [0.25, 0.3) is 13.5 Å². The van der Waals surface area contributed by atoms with Crippen molar-refractivity contribution in [3.05, 3.63) is 59.9 Å². The fraction of sp³-hybridized carbons (Fsp3) is 0.143.